The average molecular weight is 387 g/mol. The normalized spacial score (nSPS) is 10.4. The highest BCUT2D eigenvalue weighted by molar-refractivity contribution is 9.10. The molecule has 0 aliphatic rings. The number of anilines is 1. The number of imidazole rings is 1. The number of benzene rings is 1. The molecule has 2 aromatic heterocycles. The Morgan fingerprint density at radius 1 is 1.21 bits per heavy atom. The van der Waals surface area contributed by atoms with Crippen LogP contribution >= 0.6 is 15.9 Å². The van der Waals surface area contributed by atoms with Crippen molar-refractivity contribution in [3.05, 3.63) is 65.0 Å². The van der Waals surface area contributed by atoms with Gasteiger partial charge in [0.15, 0.2) is 0 Å². The maximum absolute atomic E-state index is 12.6. The number of carbonyl (C=O) groups is 1. The molecule has 0 fully saturated rings. The summed E-state index contributed by atoms with van der Waals surface area (Å²) in [7, 11) is 0. The van der Waals surface area contributed by atoms with Gasteiger partial charge in [0, 0.05) is 25.1 Å². The Morgan fingerprint density at radius 3 is 2.83 bits per heavy atom. The van der Waals surface area contributed by atoms with Crippen LogP contribution in [-0.4, -0.2) is 20.4 Å². The molecule has 2 heterocycles. The minimum atomic E-state index is -0.328. The van der Waals surface area contributed by atoms with Crippen LogP contribution in [0.15, 0.2) is 59.5 Å². The van der Waals surface area contributed by atoms with Gasteiger partial charge in [-0.3, -0.25) is 10.1 Å². The second kappa shape index (κ2) is 7.27. The number of amides is 1. The number of aromatic nitrogens is 3. The van der Waals surface area contributed by atoms with Crippen LogP contribution in [0.5, 0.6) is 11.6 Å². The highest BCUT2D eigenvalue weighted by Crippen LogP contribution is 2.30. The summed E-state index contributed by atoms with van der Waals surface area (Å²) in [6, 6.07) is 10.7. The third-order valence-electron chi connectivity index (χ3n) is 3.34. The van der Waals surface area contributed by atoms with Gasteiger partial charge in [-0.05, 0) is 47.1 Å². The number of aryl methyl sites for hydroxylation is 1. The predicted molar refractivity (Wildman–Crippen MR) is 94.3 cm³/mol. The molecule has 0 aliphatic heterocycles. The Balaban J connectivity index is 1.86. The van der Waals surface area contributed by atoms with Crippen molar-refractivity contribution in [1.29, 1.82) is 0 Å². The number of nitrogens with zero attached hydrogens (tertiary/aromatic N) is 3. The summed E-state index contributed by atoms with van der Waals surface area (Å²) >= 11 is 3.42. The zero-order chi connectivity index (χ0) is 16.9. The Kier molecular flexibility index (Phi) is 4.90. The summed E-state index contributed by atoms with van der Waals surface area (Å²) in [4.78, 5) is 20.9. The highest BCUT2D eigenvalue weighted by Gasteiger charge is 2.17. The smallest absolute Gasteiger partial charge is 0.263 e. The van der Waals surface area contributed by atoms with E-state index in [0.717, 1.165) is 4.47 Å². The number of hydrogen-bond donors (Lipinski definition) is 1. The number of nitrogens with one attached hydrogen (secondary N) is 1. The van der Waals surface area contributed by atoms with Crippen molar-refractivity contribution in [2.75, 3.05) is 5.32 Å². The monoisotopic (exact) mass is 386 g/mol. The Bertz CT molecular complexity index is 863. The largest absolute Gasteiger partial charge is 0.437 e. The highest BCUT2D eigenvalue weighted by atomic mass is 79.9. The quantitative estimate of drug-likeness (QED) is 0.716. The molecule has 3 aromatic rings. The first-order valence-electron chi connectivity index (χ1n) is 7.39. The number of halogens is 1. The fraction of sp³-hybridized carbons (Fsp3) is 0.118. The van der Waals surface area contributed by atoms with E-state index in [9.17, 15) is 4.79 Å². The van der Waals surface area contributed by atoms with Gasteiger partial charge < -0.3 is 9.30 Å². The minimum absolute atomic E-state index is 0.233. The van der Waals surface area contributed by atoms with Gasteiger partial charge in [-0.25, -0.2) is 9.97 Å². The second-order valence-corrected chi connectivity index (χ2v) is 5.73. The molecule has 0 radical (unpaired) electrons. The van der Waals surface area contributed by atoms with Crippen molar-refractivity contribution in [2.24, 2.45) is 0 Å². The van der Waals surface area contributed by atoms with Gasteiger partial charge in [-0.1, -0.05) is 12.1 Å². The molecule has 0 saturated heterocycles. The van der Waals surface area contributed by atoms with Gasteiger partial charge in [-0.2, -0.15) is 0 Å². The van der Waals surface area contributed by atoms with E-state index in [4.69, 9.17) is 4.74 Å². The maximum atomic E-state index is 12.6. The lowest BCUT2D eigenvalue weighted by Crippen LogP contribution is -2.16. The molecule has 3 rings (SSSR count). The zero-order valence-electron chi connectivity index (χ0n) is 12.9. The topological polar surface area (TPSA) is 69.0 Å². The fourth-order valence-corrected chi connectivity index (χ4v) is 2.50. The molecule has 0 spiro atoms. The predicted octanol–water partition coefficient (Wildman–Crippen LogP) is 4.11. The number of para-hydroxylation sites is 1. The van der Waals surface area contributed by atoms with Crippen LogP contribution in [0.1, 0.15) is 17.3 Å². The first-order chi connectivity index (χ1) is 11.7. The Labute approximate surface area is 147 Å². The van der Waals surface area contributed by atoms with Crippen molar-refractivity contribution in [3.8, 4) is 11.6 Å². The number of carbonyl (C=O) groups excluding carboxylic acids is 1. The van der Waals surface area contributed by atoms with Crippen LogP contribution in [0.25, 0.3) is 0 Å². The Morgan fingerprint density at radius 2 is 2.04 bits per heavy atom. The van der Waals surface area contributed by atoms with Crippen LogP contribution < -0.4 is 10.1 Å². The van der Waals surface area contributed by atoms with Crippen LogP contribution in [-0.2, 0) is 6.54 Å². The average Bonchev–Trinajstić information content (AvgIpc) is 3.04. The number of rotatable bonds is 5. The summed E-state index contributed by atoms with van der Waals surface area (Å²) in [6.07, 6.45) is 5.02. The van der Waals surface area contributed by atoms with Crippen LogP contribution in [0, 0.1) is 0 Å². The first-order valence-corrected chi connectivity index (χ1v) is 8.18. The van der Waals surface area contributed by atoms with Gasteiger partial charge in [0.05, 0.1) is 4.47 Å². The SMILES string of the molecule is CCn1ccnc1NC(=O)c1cccnc1Oc1ccccc1Br. The molecule has 0 bridgehead atoms. The lowest BCUT2D eigenvalue weighted by Gasteiger charge is -2.11. The van der Waals surface area contributed by atoms with Gasteiger partial charge in [0.25, 0.3) is 5.91 Å². The molecular formula is C17H15BrN4O2. The summed E-state index contributed by atoms with van der Waals surface area (Å²) in [5, 5.41) is 2.78. The summed E-state index contributed by atoms with van der Waals surface area (Å²) in [6.45, 7) is 2.69. The van der Waals surface area contributed by atoms with E-state index in [1.165, 1.54) is 0 Å². The second-order valence-electron chi connectivity index (χ2n) is 4.88. The molecule has 1 aromatic carbocycles. The standard InChI is InChI=1S/C17H15BrN4O2/c1-2-22-11-10-20-17(22)21-15(23)12-6-5-9-19-16(12)24-14-8-4-3-7-13(14)18/h3-11H,2H2,1H3,(H,20,21,23). The van der Waals surface area contributed by atoms with E-state index in [0.29, 0.717) is 23.8 Å². The molecule has 24 heavy (non-hydrogen) atoms. The van der Waals surface area contributed by atoms with E-state index in [1.54, 1.807) is 36.8 Å². The zero-order valence-corrected chi connectivity index (χ0v) is 14.5. The molecule has 0 atom stereocenters. The number of ether oxygens (including phenoxy) is 1. The van der Waals surface area contributed by atoms with E-state index < -0.39 is 0 Å². The molecule has 7 heteroatoms. The van der Waals surface area contributed by atoms with Crippen LogP contribution in [0.2, 0.25) is 0 Å². The molecule has 122 valence electrons. The summed E-state index contributed by atoms with van der Waals surface area (Å²) in [5.74, 6) is 0.973. The lowest BCUT2D eigenvalue weighted by molar-refractivity contribution is 0.102. The molecule has 0 aliphatic carbocycles. The Hall–Kier alpha value is -2.67. The lowest BCUT2D eigenvalue weighted by atomic mass is 10.2. The molecule has 0 unspecified atom stereocenters. The molecular weight excluding hydrogens is 372 g/mol. The molecule has 1 amide bonds. The van der Waals surface area contributed by atoms with Crippen molar-refractivity contribution < 1.29 is 9.53 Å². The van der Waals surface area contributed by atoms with Gasteiger partial charge in [0.2, 0.25) is 11.8 Å². The van der Waals surface area contributed by atoms with Crippen LogP contribution in [0.3, 0.4) is 0 Å². The van der Waals surface area contributed by atoms with Crippen molar-refractivity contribution in [3.63, 3.8) is 0 Å². The van der Waals surface area contributed by atoms with Gasteiger partial charge in [-0.15, -0.1) is 0 Å². The molecule has 6 nitrogen and oxygen atoms in total. The third kappa shape index (κ3) is 3.46. The maximum Gasteiger partial charge on any atom is 0.263 e. The molecule has 1 N–H and O–H groups in total. The fourth-order valence-electron chi connectivity index (χ4n) is 2.13. The van der Waals surface area contributed by atoms with Crippen LogP contribution in [0.4, 0.5) is 5.95 Å². The summed E-state index contributed by atoms with van der Waals surface area (Å²) in [5.41, 5.74) is 0.332. The van der Waals surface area contributed by atoms with E-state index in [2.05, 4.69) is 31.2 Å². The van der Waals surface area contributed by atoms with Gasteiger partial charge >= 0.3 is 0 Å². The van der Waals surface area contributed by atoms with Gasteiger partial charge in [0.1, 0.15) is 11.3 Å². The van der Waals surface area contributed by atoms with E-state index in [-0.39, 0.29) is 11.8 Å². The number of hydrogen-bond acceptors (Lipinski definition) is 4. The molecule has 0 saturated carbocycles. The van der Waals surface area contributed by atoms with Crippen molar-refractivity contribution in [1.82, 2.24) is 14.5 Å². The van der Waals surface area contributed by atoms with Crippen molar-refractivity contribution >= 4 is 27.8 Å². The third-order valence-corrected chi connectivity index (χ3v) is 4.00. The minimum Gasteiger partial charge on any atom is -0.437 e. The summed E-state index contributed by atoms with van der Waals surface area (Å²) < 4.78 is 8.41. The first kappa shape index (κ1) is 16.2. The number of pyridine rings is 1. The van der Waals surface area contributed by atoms with E-state index >= 15 is 0 Å². The van der Waals surface area contributed by atoms with E-state index in [1.807, 2.05) is 29.7 Å². The van der Waals surface area contributed by atoms with Crippen molar-refractivity contribution in [2.45, 2.75) is 13.5 Å².